The van der Waals surface area contributed by atoms with E-state index in [4.69, 9.17) is 0 Å². The molecule has 39 heavy (non-hydrogen) atoms. The Morgan fingerprint density at radius 1 is 0.949 bits per heavy atom. The maximum Gasteiger partial charge on any atom is 0.256 e. The summed E-state index contributed by atoms with van der Waals surface area (Å²) in [5.74, 6) is -0.633. The molecule has 3 aromatic carbocycles. The van der Waals surface area contributed by atoms with Crippen LogP contribution in [-0.2, 0) is 22.7 Å². The van der Waals surface area contributed by atoms with Gasteiger partial charge in [-0.05, 0) is 41.3 Å². The van der Waals surface area contributed by atoms with Crippen molar-refractivity contribution in [2.45, 2.75) is 39.9 Å². The Bertz CT molecular complexity index is 1290. The molecule has 1 aliphatic heterocycles. The van der Waals surface area contributed by atoms with Gasteiger partial charge in [-0.2, -0.15) is 0 Å². The van der Waals surface area contributed by atoms with Crippen molar-refractivity contribution in [2.24, 2.45) is 0 Å². The van der Waals surface area contributed by atoms with Gasteiger partial charge in [0.05, 0.1) is 13.1 Å². The molecule has 0 saturated carbocycles. The molecule has 0 bridgehead atoms. The van der Waals surface area contributed by atoms with Gasteiger partial charge < -0.3 is 15.5 Å². The summed E-state index contributed by atoms with van der Waals surface area (Å²) >= 11 is 0. The highest BCUT2D eigenvalue weighted by molar-refractivity contribution is 5.87. The summed E-state index contributed by atoms with van der Waals surface area (Å²) in [6.07, 6.45) is 0. The molecule has 7 nitrogen and oxygen atoms in total. The van der Waals surface area contributed by atoms with E-state index in [2.05, 4.69) is 36.6 Å². The van der Waals surface area contributed by atoms with Crippen molar-refractivity contribution >= 4 is 17.5 Å². The zero-order valence-corrected chi connectivity index (χ0v) is 23.2. The Morgan fingerprint density at radius 3 is 2.28 bits per heavy atom. The van der Waals surface area contributed by atoms with Crippen LogP contribution in [-0.4, -0.2) is 61.1 Å². The van der Waals surface area contributed by atoms with E-state index in [1.807, 2.05) is 42.3 Å². The van der Waals surface area contributed by atoms with E-state index in [9.17, 15) is 14.0 Å². The zero-order chi connectivity index (χ0) is 27.9. The first-order chi connectivity index (χ1) is 18.7. The lowest BCUT2D eigenvalue weighted by Crippen LogP contribution is -2.48. The fourth-order valence-corrected chi connectivity index (χ4v) is 4.78. The molecule has 3 aromatic rings. The summed E-state index contributed by atoms with van der Waals surface area (Å²) < 4.78 is 14.6. The normalized spacial score (nSPS) is 12.9. The van der Waals surface area contributed by atoms with E-state index in [-0.39, 0.29) is 30.7 Å². The van der Waals surface area contributed by atoms with Gasteiger partial charge in [-0.1, -0.05) is 68.4 Å². The SMILES string of the molecule is Cc1ccc(-c2ccccc2F)cc1N(CC(=O)NCCNC(C)C)CC(=O)N(C)N1Cc2ccccc2C1. The minimum absolute atomic E-state index is 0.00255. The largest absolute Gasteiger partial charge is 0.353 e. The van der Waals surface area contributed by atoms with Crippen molar-refractivity contribution < 1.29 is 14.0 Å². The second-order valence-electron chi connectivity index (χ2n) is 10.3. The lowest BCUT2D eigenvalue weighted by atomic mass is 10.0. The van der Waals surface area contributed by atoms with E-state index in [1.165, 1.54) is 17.2 Å². The van der Waals surface area contributed by atoms with Gasteiger partial charge in [-0.25, -0.2) is 9.40 Å². The Labute approximate surface area is 230 Å². The van der Waals surface area contributed by atoms with Gasteiger partial charge in [0, 0.05) is 50.5 Å². The quantitative estimate of drug-likeness (QED) is 0.365. The van der Waals surface area contributed by atoms with Crippen LogP contribution >= 0.6 is 0 Å². The average molecular weight is 532 g/mol. The number of rotatable bonds is 11. The van der Waals surface area contributed by atoms with Gasteiger partial charge in [0.15, 0.2) is 0 Å². The van der Waals surface area contributed by atoms with Crippen LogP contribution in [0.4, 0.5) is 10.1 Å². The molecule has 0 spiro atoms. The van der Waals surface area contributed by atoms with Crippen LogP contribution in [0.5, 0.6) is 0 Å². The molecule has 0 aromatic heterocycles. The van der Waals surface area contributed by atoms with E-state index in [1.54, 1.807) is 35.2 Å². The number of nitrogens with one attached hydrogen (secondary N) is 2. The van der Waals surface area contributed by atoms with Crippen LogP contribution < -0.4 is 15.5 Å². The summed E-state index contributed by atoms with van der Waals surface area (Å²) in [5, 5.41) is 9.88. The molecule has 8 heteroatoms. The Balaban J connectivity index is 1.54. The molecule has 206 valence electrons. The second kappa shape index (κ2) is 12.9. The summed E-state index contributed by atoms with van der Waals surface area (Å²) in [5.41, 5.74) is 5.19. The van der Waals surface area contributed by atoms with Gasteiger partial charge in [0.2, 0.25) is 5.91 Å². The summed E-state index contributed by atoms with van der Waals surface area (Å²) in [7, 11) is 1.77. The number of anilines is 1. The number of hydrogen-bond donors (Lipinski definition) is 2. The molecular weight excluding hydrogens is 493 g/mol. The summed E-state index contributed by atoms with van der Waals surface area (Å²) in [4.78, 5) is 28.3. The Hall–Kier alpha value is -3.75. The third-order valence-corrected chi connectivity index (χ3v) is 7.00. The summed E-state index contributed by atoms with van der Waals surface area (Å²) in [6, 6.07) is 20.7. The minimum atomic E-state index is -0.321. The van der Waals surface area contributed by atoms with Crippen molar-refractivity contribution in [3.05, 3.63) is 89.2 Å². The molecule has 2 N–H and O–H groups in total. The maximum atomic E-state index is 14.6. The van der Waals surface area contributed by atoms with Crippen LogP contribution in [0, 0.1) is 12.7 Å². The fourth-order valence-electron chi connectivity index (χ4n) is 4.78. The maximum absolute atomic E-state index is 14.6. The highest BCUT2D eigenvalue weighted by Gasteiger charge is 2.27. The predicted molar refractivity (Wildman–Crippen MR) is 153 cm³/mol. The summed E-state index contributed by atoms with van der Waals surface area (Å²) in [6.45, 7) is 8.50. The number of carbonyl (C=O) groups is 2. The molecule has 0 saturated heterocycles. The molecule has 0 atom stereocenters. The van der Waals surface area contributed by atoms with E-state index in [0.717, 1.165) is 11.3 Å². The van der Waals surface area contributed by atoms with Crippen molar-refractivity contribution in [1.82, 2.24) is 20.7 Å². The van der Waals surface area contributed by atoms with Crippen molar-refractivity contribution in [2.75, 3.05) is 38.1 Å². The van der Waals surface area contributed by atoms with E-state index >= 15 is 0 Å². The van der Waals surface area contributed by atoms with Crippen LogP contribution in [0.15, 0.2) is 66.7 Å². The van der Waals surface area contributed by atoms with Gasteiger partial charge in [-0.15, -0.1) is 0 Å². The van der Waals surface area contributed by atoms with Crippen LogP contribution in [0.25, 0.3) is 11.1 Å². The highest BCUT2D eigenvalue weighted by atomic mass is 19.1. The molecule has 0 aliphatic carbocycles. The molecular formula is C31H38FN5O2. The Morgan fingerprint density at radius 2 is 1.62 bits per heavy atom. The number of benzene rings is 3. The third-order valence-electron chi connectivity index (χ3n) is 7.00. The first kappa shape index (κ1) is 28.3. The van der Waals surface area contributed by atoms with Crippen LogP contribution in [0.2, 0.25) is 0 Å². The molecule has 0 unspecified atom stereocenters. The second-order valence-corrected chi connectivity index (χ2v) is 10.3. The molecule has 1 aliphatic rings. The number of halogens is 1. The molecule has 1 heterocycles. The number of carbonyl (C=O) groups excluding carboxylic acids is 2. The van der Waals surface area contributed by atoms with Gasteiger partial charge in [0.25, 0.3) is 5.91 Å². The fraction of sp³-hybridized carbons (Fsp3) is 0.355. The number of nitrogens with zero attached hydrogens (tertiary/aromatic N) is 3. The van der Waals surface area contributed by atoms with Crippen molar-refractivity contribution in [3.63, 3.8) is 0 Å². The van der Waals surface area contributed by atoms with Crippen LogP contribution in [0.3, 0.4) is 0 Å². The molecule has 4 rings (SSSR count). The first-order valence-electron chi connectivity index (χ1n) is 13.4. The Kier molecular flexibility index (Phi) is 9.32. The highest BCUT2D eigenvalue weighted by Crippen LogP contribution is 2.30. The standard InChI is InChI=1S/C31H38FN5O2/c1-22(2)33-15-16-34-30(38)20-36(21-31(39)35(4)37-18-25-9-5-6-10-26(25)19-37)29-17-24(14-13-23(29)3)27-11-7-8-12-28(27)32/h5-14,17,22,33H,15-16,18-21H2,1-4H3,(H,34,38). The number of amides is 2. The number of aryl methyl sites for hydroxylation is 1. The van der Waals surface area contributed by atoms with Gasteiger partial charge >= 0.3 is 0 Å². The zero-order valence-electron chi connectivity index (χ0n) is 23.2. The van der Waals surface area contributed by atoms with E-state index < -0.39 is 0 Å². The topological polar surface area (TPSA) is 67.9 Å². The third kappa shape index (κ3) is 7.22. The molecule has 0 fully saturated rings. The molecule has 0 radical (unpaired) electrons. The van der Waals surface area contributed by atoms with E-state index in [0.29, 0.717) is 43.3 Å². The molecule has 2 amide bonds. The minimum Gasteiger partial charge on any atom is -0.353 e. The smallest absolute Gasteiger partial charge is 0.256 e. The first-order valence-corrected chi connectivity index (χ1v) is 13.4. The number of hydrogen-bond acceptors (Lipinski definition) is 5. The monoisotopic (exact) mass is 531 g/mol. The lowest BCUT2D eigenvalue weighted by molar-refractivity contribution is -0.145. The van der Waals surface area contributed by atoms with Crippen LogP contribution in [0.1, 0.15) is 30.5 Å². The number of likely N-dealkylation sites (N-methyl/N-ethyl adjacent to an activating group) is 1. The van der Waals surface area contributed by atoms with Gasteiger partial charge in [0.1, 0.15) is 5.82 Å². The number of hydrazine groups is 1. The average Bonchev–Trinajstić information content (AvgIpc) is 3.35. The van der Waals surface area contributed by atoms with Crippen molar-refractivity contribution in [1.29, 1.82) is 0 Å². The lowest BCUT2D eigenvalue weighted by Gasteiger charge is -2.32. The number of fused-ring (bicyclic) bond motifs is 1. The van der Waals surface area contributed by atoms with Crippen molar-refractivity contribution in [3.8, 4) is 11.1 Å². The van der Waals surface area contributed by atoms with Gasteiger partial charge in [-0.3, -0.25) is 14.6 Å². The predicted octanol–water partition coefficient (Wildman–Crippen LogP) is 4.11.